The SMILES string of the molecule is CCNCCNc1ccc2c(c1)N=C(C1(c3ccc(Cl)cc3)CCCCC1)N(C)C2NN. The number of amidine groups is 1. The van der Waals surface area contributed by atoms with Gasteiger partial charge in [-0.1, -0.05) is 56.0 Å². The minimum atomic E-state index is -0.140. The number of hydrogen-bond acceptors (Lipinski definition) is 6. The molecule has 1 aliphatic carbocycles. The van der Waals surface area contributed by atoms with Crippen molar-refractivity contribution in [2.24, 2.45) is 10.8 Å². The molecule has 1 unspecified atom stereocenters. The number of hydrogen-bond donors (Lipinski definition) is 4. The molecule has 0 spiro atoms. The summed E-state index contributed by atoms with van der Waals surface area (Å²) in [5.74, 6) is 7.15. The van der Waals surface area contributed by atoms with Crippen LogP contribution in [0.3, 0.4) is 0 Å². The third kappa shape index (κ3) is 4.50. The van der Waals surface area contributed by atoms with Crippen molar-refractivity contribution in [3.05, 3.63) is 58.6 Å². The maximum Gasteiger partial charge on any atom is 0.121 e. The van der Waals surface area contributed by atoms with Gasteiger partial charge in [-0.3, -0.25) is 5.84 Å². The first-order chi connectivity index (χ1) is 15.6. The minimum Gasteiger partial charge on any atom is -0.384 e. The summed E-state index contributed by atoms with van der Waals surface area (Å²) >= 11 is 6.22. The van der Waals surface area contributed by atoms with Crippen LogP contribution in [0.4, 0.5) is 11.4 Å². The van der Waals surface area contributed by atoms with E-state index in [-0.39, 0.29) is 11.6 Å². The maximum absolute atomic E-state index is 6.22. The number of aliphatic imine (C=N–C) groups is 1. The molecule has 6 nitrogen and oxygen atoms in total. The van der Waals surface area contributed by atoms with Crippen molar-refractivity contribution in [1.82, 2.24) is 15.6 Å². The van der Waals surface area contributed by atoms with E-state index in [0.717, 1.165) is 60.3 Å². The Hall–Kier alpha value is -2.12. The van der Waals surface area contributed by atoms with Crippen LogP contribution in [0.15, 0.2) is 47.5 Å². The van der Waals surface area contributed by atoms with Crippen LogP contribution in [-0.4, -0.2) is 37.4 Å². The largest absolute Gasteiger partial charge is 0.384 e. The van der Waals surface area contributed by atoms with Gasteiger partial charge in [-0.25, -0.2) is 10.4 Å². The highest BCUT2D eigenvalue weighted by Crippen LogP contribution is 2.46. The van der Waals surface area contributed by atoms with E-state index >= 15 is 0 Å². The van der Waals surface area contributed by atoms with Crippen LogP contribution in [-0.2, 0) is 5.41 Å². The fourth-order valence-corrected chi connectivity index (χ4v) is 5.32. The summed E-state index contributed by atoms with van der Waals surface area (Å²) in [6.07, 6.45) is 5.67. The van der Waals surface area contributed by atoms with Gasteiger partial charge in [0.25, 0.3) is 0 Å². The van der Waals surface area contributed by atoms with Crippen LogP contribution in [0.2, 0.25) is 5.02 Å². The molecule has 0 saturated heterocycles. The molecule has 2 aliphatic rings. The smallest absolute Gasteiger partial charge is 0.121 e. The Morgan fingerprint density at radius 2 is 1.84 bits per heavy atom. The number of nitrogens with two attached hydrogens (primary N) is 1. The standard InChI is InChI=1S/C25H35ClN6/c1-3-28-15-16-29-20-11-12-21-22(17-20)30-24(32(2)23(21)31-27)25(13-5-4-6-14-25)18-7-9-19(26)10-8-18/h7-12,17,23,28-29,31H,3-6,13-16,27H2,1-2H3. The average molecular weight is 455 g/mol. The Morgan fingerprint density at radius 1 is 1.09 bits per heavy atom. The van der Waals surface area contributed by atoms with Crippen molar-refractivity contribution >= 4 is 28.8 Å². The van der Waals surface area contributed by atoms with Crippen LogP contribution in [0.5, 0.6) is 0 Å². The first kappa shape index (κ1) is 23.1. The number of nitrogens with zero attached hydrogens (tertiary/aromatic N) is 2. The van der Waals surface area contributed by atoms with Crippen LogP contribution < -0.4 is 21.9 Å². The lowest BCUT2D eigenvalue weighted by atomic mass is 9.67. The summed E-state index contributed by atoms with van der Waals surface area (Å²) in [6.45, 7) is 4.89. The second kappa shape index (κ2) is 10.2. The van der Waals surface area contributed by atoms with Gasteiger partial charge in [0, 0.05) is 36.4 Å². The lowest BCUT2D eigenvalue weighted by Gasteiger charge is -2.46. The second-order valence-electron chi connectivity index (χ2n) is 8.82. The first-order valence-corrected chi connectivity index (χ1v) is 12.1. The number of rotatable bonds is 8. The number of benzene rings is 2. The molecule has 1 fully saturated rings. The molecular formula is C25H35ClN6. The monoisotopic (exact) mass is 454 g/mol. The van der Waals surface area contributed by atoms with E-state index < -0.39 is 0 Å². The Balaban J connectivity index is 1.75. The van der Waals surface area contributed by atoms with Gasteiger partial charge < -0.3 is 15.5 Å². The van der Waals surface area contributed by atoms with Crippen molar-refractivity contribution in [3.63, 3.8) is 0 Å². The van der Waals surface area contributed by atoms with E-state index in [2.05, 4.69) is 65.3 Å². The highest BCUT2D eigenvalue weighted by atomic mass is 35.5. The van der Waals surface area contributed by atoms with Gasteiger partial charge in [0.1, 0.15) is 12.0 Å². The molecule has 0 radical (unpaired) electrons. The predicted octanol–water partition coefficient (Wildman–Crippen LogP) is 4.70. The Bertz CT molecular complexity index is 936. The van der Waals surface area contributed by atoms with E-state index in [0.29, 0.717) is 0 Å². The fourth-order valence-electron chi connectivity index (χ4n) is 5.19. The number of hydrazine groups is 1. The Morgan fingerprint density at radius 3 is 2.53 bits per heavy atom. The number of anilines is 1. The minimum absolute atomic E-state index is 0.126. The third-order valence-electron chi connectivity index (χ3n) is 6.84. The van der Waals surface area contributed by atoms with Crippen LogP contribution in [0, 0.1) is 0 Å². The van der Waals surface area contributed by atoms with E-state index in [1.54, 1.807) is 0 Å². The van der Waals surface area contributed by atoms with Crippen molar-refractivity contribution in [2.45, 2.75) is 50.6 Å². The zero-order valence-corrected chi connectivity index (χ0v) is 19.9. The predicted molar refractivity (Wildman–Crippen MR) is 135 cm³/mol. The summed E-state index contributed by atoms with van der Waals surface area (Å²) in [6, 6.07) is 14.7. The van der Waals surface area contributed by atoms with Crippen LogP contribution in [0.1, 0.15) is 56.3 Å². The summed E-state index contributed by atoms with van der Waals surface area (Å²) in [7, 11) is 2.10. The molecule has 1 heterocycles. The number of nitrogens with one attached hydrogen (secondary N) is 3. The summed E-state index contributed by atoms with van der Waals surface area (Å²) < 4.78 is 0. The van der Waals surface area contributed by atoms with Gasteiger partial charge in [-0.05, 0) is 49.2 Å². The quantitative estimate of drug-likeness (QED) is 0.264. The van der Waals surface area contributed by atoms with Gasteiger partial charge >= 0.3 is 0 Å². The summed E-state index contributed by atoms with van der Waals surface area (Å²) in [5, 5.41) is 7.61. The molecule has 2 aromatic carbocycles. The zero-order valence-electron chi connectivity index (χ0n) is 19.1. The normalized spacial score (nSPS) is 19.9. The highest BCUT2D eigenvalue weighted by Gasteiger charge is 2.44. The van der Waals surface area contributed by atoms with Crippen molar-refractivity contribution in [3.8, 4) is 0 Å². The molecular weight excluding hydrogens is 420 g/mol. The molecule has 0 bridgehead atoms. The molecule has 172 valence electrons. The summed E-state index contributed by atoms with van der Waals surface area (Å²) in [5.41, 5.74) is 7.33. The summed E-state index contributed by atoms with van der Waals surface area (Å²) in [4.78, 5) is 7.51. The molecule has 4 rings (SSSR count). The molecule has 1 aliphatic heterocycles. The topological polar surface area (TPSA) is 77.7 Å². The van der Waals surface area contributed by atoms with Crippen LogP contribution >= 0.6 is 11.6 Å². The first-order valence-electron chi connectivity index (χ1n) is 11.7. The lowest BCUT2D eigenvalue weighted by molar-refractivity contribution is 0.267. The molecule has 5 N–H and O–H groups in total. The average Bonchev–Trinajstić information content (AvgIpc) is 2.82. The van der Waals surface area contributed by atoms with Gasteiger partial charge in [-0.15, -0.1) is 0 Å². The Labute approximate surface area is 196 Å². The van der Waals surface area contributed by atoms with Crippen molar-refractivity contribution < 1.29 is 0 Å². The van der Waals surface area contributed by atoms with Gasteiger partial charge in [0.15, 0.2) is 0 Å². The van der Waals surface area contributed by atoms with Crippen molar-refractivity contribution in [2.75, 3.05) is 32.0 Å². The number of fused-ring (bicyclic) bond motifs is 1. The maximum atomic E-state index is 6.22. The molecule has 32 heavy (non-hydrogen) atoms. The second-order valence-corrected chi connectivity index (χ2v) is 9.26. The van der Waals surface area contributed by atoms with Crippen LogP contribution in [0.25, 0.3) is 0 Å². The third-order valence-corrected chi connectivity index (χ3v) is 7.10. The molecule has 2 aromatic rings. The molecule has 0 amide bonds. The van der Waals surface area contributed by atoms with E-state index in [9.17, 15) is 0 Å². The molecule has 1 atom stereocenters. The van der Waals surface area contributed by atoms with Crippen molar-refractivity contribution in [1.29, 1.82) is 0 Å². The van der Waals surface area contributed by atoms with Gasteiger partial charge in [0.05, 0.1) is 11.1 Å². The van der Waals surface area contributed by atoms with Gasteiger partial charge in [0.2, 0.25) is 0 Å². The number of likely N-dealkylation sites (N-methyl/N-ethyl adjacent to an activating group) is 2. The lowest BCUT2D eigenvalue weighted by Crippen LogP contribution is -2.53. The van der Waals surface area contributed by atoms with E-state index in [1.165, 1.54) is 24.8 Å². The highest BCUT2D eigenvalue weighted by molar-refractivity contribution is 6.30. The molecule has 7 heteroatoms. The number of halogens is 1. The molecule has 1 saturated carbocycles. The zero-order chi connectivity index (χ0) is 22.6. The molecule has 0 aromatic heterocycles. The van der Waals surface area contributed by atoms with Gasteiger partial charge in [-0.2, -0.15) is 0 Å². The Kier molecular flexibility index (Phi) is 7.36. The van der Waals surface area contributed by atoms with E-state index in [1.807, 2.05) is 12.1 Å². The fraction of sp³-hybridized carbons (Fsp3) is 0.480. The van der Waals surface area contributed by atoms with E-state index in [4.69, 9.17) is 22.4 Å².